The van der Waals surface area contributed by atoms with Crippen LogP contribution in [0, 0.1) is 0 Å². The van der Waals surface area contributed by atoms with Crippen LogP contribution >= 0.6 is 0 Å². The van der Waals surface area contributed by atoms with Crippen LogP contribution in [0.3, 0.4) is 0 Å². The van der Waals surface area contributed by atoms with Gasteiger partial charge in [-0.05, 0) is 6.42 Å². The van der Waals surface area contributed by atoms with E-state index in [2.05, 4.69) is 17.0 Å². The molecule has 0 aliphatic carbocycles. The quantitative estimate of drug-likeness (QED) is 0.320. The Balaban J connectivity index is -0.00000162. The zero-order valence-corrected chi connectivity index (χ0v) is 15.5. The van der Waals surface area contributed by atoms with Gasteiger partial charge in [0.05, 0.1) is 7.11 Å². The summed E-state index contributed by atoms with van der Waals surface area (Å²) in [5.74, 6) is -0.464. The number of carbonyl (C=O) groups excluding carboxylic acids is 2. The summed E-state index contributed by atoms with van der Waals surface area (Å²) in [6.07, 6.45) is 11.6. The van der Waals surface area contributed by atoms with Crippen molar-refractivity contribution in [2.45, 2.75) is 71.1 Å². The molecule has 0 bridgehead atoms. The topological polar surface area (TPSA) is 55.4 Å². The van der Waals surface area contributed by atoms with Crippen molar-refractivity contribution in [1.82, 2.24) is 5.32 Å². The van der Waals surface area contributed by atoms with Crippen LogP contribution in [0.1, 0.15) is 72.6 Å². The number of unbranched alkanes of at least 4 members (excludes halogenated alkanes) is 8. The van der Waals surface area contributed by atoms with E-state index in [1.807, 2.05) is 0 Å². The molecule has 114 valence electrons. The molecular formula is C15H30NNaO3. The number of rotatable bonds is 12. The molecule has 0 aromatic carbocycles. The van der Waals surface area contributed by atoms with Crippen molar-refractivity contribution in [3.05, 3.63) is 0 Å². The maximum absolute atomic E-state index is 11.4. The molecule has 0 rings (SSSR count). The number of esters is 1. The molecule has 0 saturated heterocycles. The maximum Gasteiger partial charge on any atom is 1.00 e. The average Bonchev–Trinajstić information content (AvgIpc) is 2.42. The van der Waals surface area contributed by atoms with Gasteiger partial charge in [0.15, 0.2) is 0 Å². The molecule has 0 saturated carbocycles. The zero-order valence-electron chi connectivity index (χ0n) is 14.5. The Morgan fingerprint density at radius 1 is 0.950 bits per heavy atom. The van der Waals surface area contributed by atoms with Crippen LogP contribution in [0.4, 0.5) is 0 Å². The van der Waals surface area contributed by atoms with Crippen molar-refractivity contribution in [1.29, 1.82) is 0 Å². The monoisotopic (exact) mass is 295 g/mol. The van der Waals surface area contributed by atoms with Crippen LogP contribution in [-0.4, -0.2) is 25.5 Å². The first-order valence-corrected chi connectivity index (χ1v) is 7.54. The van der Waals surface area contributed by atoms with Crippen LogP contribution in [0.5, 0.6) is 0 Å². The Kier molecular flexibility index (Phi) is 18.9. The molecule has 0 aliphatic rings. The molecule has 0 aromatic rings. The molecule has 0 heterocycles. The van der Waals surface area contributed by atoms with Crippen LogP contribution < -0.4 is 34.9 Å². The van der Waals surface area contributed by atoms with E-state index in [0.29, 0.717) is 6.42 Å². The van der Waals surface area contributed by atoms with Gasteiger partial charge in [0.1, 0.15) is 6.54 Å². The first kappa shape index (κ1) is 22.2. The van der Waals surface area contributed by atoms with Gasteiger partial charge in [0, 0.05) is 6.42 Å². The summed E-state index contributed by atoms with van der Waals surface area (Å²) in [7, 11) is 1.31. The Bertz CT molecular complexity index is 253. The smallest absolute Gasteiger partial charge is 1.00 e. The van der Waals surface area contributed by atoms with Crippen molar-refractivity contribution in [3.8, 4) is 0 Å². The fourth-order valence-electron chi connectivity index (χ4n) is 1.93. The Hall–Kier alpha value is -0.0600. The molecule has 20 heavy (non-hydrogen) atoms. The molecule has 0 radical (unpaired) electrons. The predicted octanol–water partition coefficient (Wildman–Crippen LogP) is 0.313. The third-order valence-electron chi connectivity index (χ3n) is 3.16. The summed E-state index contributed by atoms with van der Waals surface area (Å²) in [5, 5.41) is 2.55. The summed E-state index contributed by atoms with van der Waals surface area (Å²) in [6, 6.07) is 0. The molecule has 0 aliphatic heterocycles. The third kappa shape index (κ3) is 16.0. The first-order chi connectivity index (χ1) is 9.20. The number of amides is 1. The molecule has 0 aromatic heterocycles. The van der Waals surface area contributed by atoms with E-state index in [4.69, 9.17) is 0 Å². The van der Waals surface area contributed by atoms with Gasteiger partial charge in [0.25, 0.3) is 0 Å². The number of methoxy groups -OCH3 is 1. The Morgan fingerprint density at radius 2 is 1.45 bits per heavy atom. The van der Waals surface area contributed by atoms with Crippen molar-refractivity contribution in [3.63, 3.8) is 0 Å². The van der Waals surface area contributed by atoms with E-state index in [1.54, 1.807) is 0 Å². The Labute approximate surface area is 147 Å². The molecule has 0 atom stereocenters. The first-order valence-electron chi connectivity index (χ1n) is 7.54. The van der Waals surface area contributed by atoms with Gasteiger partial charge in [-0.1, -0.05) is 58.3 Å². The number of hydrogen-bond donors (Lipinski definition) is 1. The standard InChI is InChI=1S/C15H29NO3.Na.H/c1-3-4-5-6-7-8-9-10-11-12-14(17)16-13-15(18)19-2;;/h3-13H2,1-2H3,(H,16,17);;/q;+1;-1. The minimum absolute atomic E-state index is 0. The summed E-state index contributed by atoms with van der Waals surface area (Å²) >= 11 is 0. The van der Waals surface area contributed by atoms with Gasteiger partial charge in [-0.2, -0.15) is 0 Å². The van der Waals surface area contributed by atoms with Crippen LogP contribution in [-0.2, 0) is 14.3 Å². The van der Waals surface area contributed by atoms with Gasteiger partial charge in [-0.15, -0.1) is 0 Å². The second-order valence-electron chi connectivity index (χ2n) is 4.93. The molecule has 0 fully saturated rings. The van der Waals surface area contributed by atoms with Gasteiger partial charge in [-0.25, -0.2) is 0 Å². The van der Waals surface area contributed by atoms with E-state index < -0.39 is 5.97 Å². The van der Waals surface area contributed by atoms with Crippen molar-refractivity contribution in [2.24, 2.45) is 0 Å². The zero-order chi connectivity index (χ0) is 14.3. The second-order valence-corrected chi connectivity index (χ2v) is 4.93. The van der Waals surface area contributed by atoms with E-state index >= 15 is 0 Å². The number of nitrogens with one attached hydrogen (secondary N) is 1. The predicted molar refractivity (Wildman–Crippen MR) is 78.0 cm³/mol. The van der Waals surface area contributed by atoms with Gasteiger partial charge >= 0.3 is 35.5 Å². The van der Waals surface area contributed by atoms with Gasteiger partial charge < -0.3 is 11.5 Å². The Morgan fingerprint density at radius 3 is 1.95 bits per heavy atom. The second kappa shape index (κ2) is 17.0. The van der Waals surface area contributed by atoms with Gasteiger partial charge in [-0.3, -0.25) is 9.59 Å². The van der Waals surface area contributed by atoms with Gasteiger partial charge in [0.2, 0.25) is 5.91 Å². The molecule has 1 amide bonds. The molecule has 4 nitrogen and oxygen atoms in total. The largest absolute Gasteiger partial charge is 1.00 e. The minimum atomic E-state index is -0.402. The maximum atomic E-state index is 11.4. The molecule has 0 spiro atoms. The van der Waals surface area contributed by atoms with E-state index in [0.717, 1.165) is 12.8 Å². The van der Waals surface area contributed by atoms with Crippen LogP contribution in [0.25, 0.3) is 0 Å². The van der Waals surface area contributed by atoms with Crippen molar-refractivity contribution in [2.75, 3.05) is 13.7 Å². The number of ether oxygens (including phenoxy) is 1. The molecule has 1 N–H and O–H groups in total. The fourth-order valence-corrected chi connectivity index (χ4v) is 1.93. The van der Waals surface area contributed by atoms with E-state index in [9.17, 15) is 9.59 Å². The molecular weight excluding hydrogens is 265 g/mol. The number of carbonyl (C=O) groups is 2. The summed E-state index contributed by atoms with van der Waals surface area (Å²) in [4.78, 5) is 22.2. The third-order valence-corrected chi connectivity index (χ3v) is 3.16. The van der Waals surface area contributed by atoms with Crippen LogP contribution in [0.15, 0.2) is 0 Å². The van der Waals surface area contributed by atoms with Crippen molar-refractivity contribution < 1.29 is 45.3 Å². The van der Waals surface area contributed by atoms with Crippen molar-refractivity contribution >= 4 is 11.9 Å². The fraction of sp³-hybridized carbons (Fsp3) is 0.867. The normalized spacial score (nSPS) is 9.70. The van der Waals surface area contributed by atoms with E-state index in [1.165, 1.54) is 52.1 Å². The summed E-state index contributed by atoms with van der Waals surface area (Å²) in [6.45, 7) is 2.21. The SMILES string of the molecule is CCCCCCCCCCCC(=O)NCC(=O)OC.[H-].[Na+]. The van der Waals surface area contributed by atoms with E-state index in [-0.39, 0.29) is 43.4 Å². The van der Waals surface area contributed by atoms with Crippen LogP contribution in [0.2, 0.25) is 0 Å². The summed E-state index contributed by atoms with van der Waals surface area (Å²) < 4.78 is 4.44. The average molecular weight is 295 g/mol. The number of hydrogen-bond acceptors (Lipinski definition) is 3. The molecule has 5 heteroatoms. The molecule has 0 unspecified atom stereocenters. The summed E-state index contributed by atoms with van der Waals surface area (Å²) in [5.41, 5.74) is 0. The minimum Gasteiger partial charge on any atom is -1.00 e.